The second kappa shape index (κ2) is 4.96. The molecule has 2 aromatic rings. The summed E-state index contributed by atoms with van der Waals surface area (Å²) >= 11 is 5.73. The second-order valence-corrected chi connectivity index (χ2v) is 3.70. The average Bonchev–Trinajstić information content (AvgIpc) is 2.71. The topological polar surface area (TPSA) is 104 Å². The van der Waals surface area contributed by atoms with E-state index in [9.17, 15) is 4.79 Å². The second-order valence-electron chi connectivity index (χ2n) is 3.37. The van der Waals surface area contributed by atoms with Gasteiger partial charge in [0.1, 0.15) is 5.52 Å². The zero-order valence-electron chi connectivity index (χ0n) is 8.77. The van der Waals surface area contributed by atoms with Gasteiger partial charge in [-0.05, 0) is 18.0 Å². The normalized spacial score (nSPS) is 10.6. The number of imidazole rings is 1. The van der Waals surface area contributed by atoms with E-state index in [0.717, 1.165) is 0 Å². The predicted octanol–water partition coefficient (Wildman–Crippen LogP) is 1.28. The first kappa shape index (κ1) is 11.6. The largest absolute Gasteiger partial charge is 0.481 e. The van der Waals surface area contributed by atoms with Gasteiger partial charge in [0, 0.05) is 13.0 Å². The minimum atomic E-state index is -0.820. The number of aromatic amines is 1. The first-order chi connectivity index (χ1) is 8.16. The molecule has 8 heteroatoms. The van der Waals surface area contributed by atoms with Crippen molar-refractivity contribution < 1.29 is 9.90 Å². The summed E-state index contributed by atoms with van der Waals surface area (Å²) in [7, 11) is 0. The van der Waals surface area contributed by atoms with Crippen molar-refractivity contribution in [3.63, 3.8) is 0 Å². The number of halogens is 1. The highest BCUT2D eigenvalue weighted by Gasteiger charge is 2.08. The number of H-pyrrole nitrogens is 1. The van der Waals surface area contributed by atoms with Gasteiger partial charge in [-0.1, -0.05) is 0 Å². The Morgan fingerprint density at radius 2 is 2.35 bits per heavy atom. The summed E-state index contributed by atoms with van der Waals surface area (Å²) in [5.41, 5.74) is 1.13. The zero-order valence-corrected chi connectivity index (χ0v) is 9.53. The fourth-order valence-corrected chi connectivity index (χ4v) is 1.55. The minimum Gasteiger partial charge on any atom is -0.481 e. The fourth-order valence-electron chi connectivity index (χ4n) is 1.38. The standard InChI is InChI=1S/C9H10ClN5O2/c10-9-14-7(11-3-1-2-5(16)17)6-8(15-9)13-4-12-6/h4H,1-3H2,(H,16,17)(H2,11,12,13,14,15). The highest BCUT2D eigenvalue weighted by molar-refractivity contribution is 6.28. The van der Waals surface area contributed by atoms with Crippen molar-refractivity contribution in [2.24, 2.45) is 0 Å². The molecule has 3 N–H and O–H groups in total. The summed E-state index contributed by atoms with van der Waals surface area (Å²) in [6.07, 6.45) is 2.11. The van der Waals surface area contributed by atoms with E-state index in [1.54, 1.807) is 0 Å². The van der Waals surface area contributed by atoms with Gasteiger partial charge in [0.2, 0.25) is 5.28 Å². The molecule has 2 aromatic heterocycles. The number of fused-ring (bicyclic) bond motifs is 1. The molecule has 0 aromatic carbocycles. The zero-order chi connectivity index (χ0) is 12.3. The number of rotatable bonds is 5. The summed E-state index contributed by atoms with van der Waals surface area (Å²) in [6, 6.07) is 0. The van der Waals surface area contributed by atoms with Crippen LogP contribution in [0, 0.1) is 0 Å². The van der Waals surface area contributed by atoms with Crippen LogP contribution in [-0.4, -0.2) is 37.6 Å². The first-order valence-electron chi connectivity index (χ1n) is 4.99. The smallest absolute Gasteiger partial charge is 0.303 e. The summed E-state index contributed by atoms with van der Waals surface area (Å²) in [5, 5.41) is 11.6. The van der Waals surface area contributed by atoms with Crippen LogP contribution in [0.5, 0.6) is 0 Å². The highest BCUT2D eigenvalue weighted by atomic mass is 35.5. The third-order valence-corrected chi connectivity index (χ3v) is 2.29. The molecule has 0 aliphatic rings. The molecule has 90 valence electrons. The Morgan fingerprint density at radius 3 is 3.12 bits per heavy atom. The third-order valence-electron chi connectivity index (χ3n) is 2.12. The van der Waals surface area contributed by atoms with Gasteiger partial charge >= 0.3 is 5.97 Å². The monoisotopic (exact) mass is 255 g/mol. The van der Waals surface area contributed by atoms with Gasteiger partial charge in [0.15, 0.2) is 11.5 Å². The van der Waals surface area contributed by atoms with Crippen LogP contribution in [0.15, 0.2) is 6.33 Å². The van der Waals surface area contributed by atoms with E-state index < -0.39 is 5.97 Å². The van der Waals surface area contributed by atoms with Crippen molar-refractivity contribution in [2.45, 2.75) is 12.8 Å². The van der Waals surface area contributed by atoms with Crippen molar-refractivity contribution in [3.8, 4) is 0 Å². The van der Waals surface area contributed by atoms with E-state index >= 15 is 0 Å². The number of carboxylic acids is 1. The lowest BCUT2D eigenvalue weighted by molar-refractivity contribution is -0.137. The number of aromatic nitrogens is 4. The predicted molar refractivity (Wildman–Crippen MR) is 62.1 cm³/mol. The molecule has 0 aliphatic heterocycles. The molecule has 0 amide bonds. The quantitative estimate of drug-likeness (QED) is 0.549. The van der Waals surface area contributed by atoms with Crippen molar-refractivity contribution in [3.05, 3.63) is 11.6 Å². The SMILES string of the molecule is O=C(O)CCCNc1nc(Cl)nc2nc[nH]c12. The lowest BCUT2D eigenvalue weighted by Gasteiger charge is -2.05. The Labute approximate surface area is 101 Å². The van der Waals surface area contributed by atoms with Gasteiger partial charge in [0.25, 0.3) is 0 Å². The van der Waals surface area contributed by atoms with Crippen molar-refractivity contribution >= 4 is 34.6 Å². The van der Waals surface area contributed by atoms with E-state index in [-0.39, 0.29) is 11.7 Å². The van der Waals surface area contributed by atoms with Crippen molar-refractivity contribution in [2.75, 3.05) is 11.9 Å². The number of carboxylic acid groups (broad SMARTS) is 1. The highest BCUT2D eigenvalue weighted by Crippen LogP contribution is 2.18. The van der Waals surface area contributed by atoms with E-state index in [1.807, 2.05) is 0 Å². The maximum atomic E-state index is 10.3. The van der Waals surface area contributed by atoms with Crippen molar-refractivity contribution in [1.29, 1.82) is 0 Å². The van der Waals surface area contributed by atoms with Crippen LogP contribution in [0.4, 0.5) is 5.82 Å². The Hall–Kier alpha value is -1.89. The molecular formula is C9H10ClN5O2. The number of hydrogen-bond donors (Lipinski definition) is 3. The van der Waals surface area contributed by atoms with E-state index in [2.05, 4.69) is 25.3 Å². The van der Waals surface area contributed by atoms with Crippen LogP contribution in [0.25, 0.3) is 11.2 Å². The van der Waals surface area contributed by atoms with E-state index in [1.165, 1.54) is 6.33 Å². The van der Waals surface area contributed by atoms with Crippen LogP contribution in [0.1, 0.15) is 12.8 Å². The molecule has 0 fully saturated rings. The van der Waals surface area contributed by atoms with Crippen LogP contribution >= 0.6 is 11.6 Å². The molecule has 0 aliphatic carbocycles. The Bertz CT molecular complexity index is 541. The molecule has 0 radical (unpaired) electrons. The molecule has 17 heavy (non-hydrogen) atoms. The van der Waals surface area contributed by atoms with Gasteiger partial charge in [0.05, 0.1) is 6.33 Å². The number of carbonyl (C=O) groups is 1. The molecular weight excluding hydrogens is 246 g/mol. The number of hydrogen-bond acceptors (Lipinski definition) is 5. The summed E-state index contributed by atoms with van der Waals surface area (Å²) in [4.78, 5) is 25.2. The minimum absolute atomic E-state index is 0.102. The molecule has 2 rings (SSSR count). The third kappa shape index (κ3) is 2.82. The van der Waals surface area contributed by atoms with E-state index in [4.69, 9.17) is 16.7 Å². The summed E-state index contributed by atoms with van der Waals surface area (Å²) in [6.45, 7) is 0.494. The Kier molecular flexibility index (Phi) is 3.38. The lowest BCUT2D eigenvalue weighted by atomic mass is 10.3. The lowest BCUT2D eigenvalue weighted by Crippen LogP contribution is -2.07. The molecule has 0 spiro atoms. The Balaban J connectivity index is 2.07. The number of anilines is 1. The maximum absolute atomic E-state index is 10.3. The maximum Gasteiger partial charge on any atom is 0.303 e. The molecule has 0 atom stereocenters. The van der Waals surface area contributed by atoms with Gasteiger partial charge < -0.3 is 15.4 Å². The average molecular weight is 256 g/mol. The molecule has 0 saturated heterocycles. The van der Waals surface area contributed by atoms with E-state index in [0.29, 0.717) is 29.9 Å². The number of nitrogens with zero attached hydrogens (tertiary/aromatic N) is 3. The van der Waals surface area contributed by atoms with Crippen molar-refractivity contribution in [1.82, 2.24) is 19.9 Å². The van der Waals surface area contributed by atoms with Crippen LogP contribution in [0.3, 0.4) is 0 Å². The molecule has 0 bridgehead atoms. The van der Waals surface area contributed by atoms with Gasteiger partial charge in [-0.25, -0.2) is 4.98 Å². The summed E-state index contributed by atoms with van der Waals surface area (Å²) in [5.74, 6) is -0.290. The molecule has 0 saturated carbocycles. The molecule has 7 nitrogen and oxygen atoms in total. The van der Waals surface area contributed by atoms with Gasteiger partial charge in [-0.3, -0.25) is 4.79 Å². The Morgan fingerprint density at radius 1 is 1.53 bits per heavy atom. The van der Waals surface area contributed by atoms with Gasteiger partial charge in [-0.15, -0.1) is 0 Å². The molecule has 2 heterocycles. The van der Waals surface area contributed by atoms with Crippen LogP contribution in [-0.2, 0) is 4.79 Å². The molecule has 0 unspecified atom stereocenters. The van der Waals surface area contributed by atoms with Gasteiger partial charge in [-0.2, -0.15) is 9.97 Å². The van der Waals surface area contributed by atoms with Crippen LogP contribution in [0.2, 0.25) is 5.28 Å². The number of aliphatic carboxylic acids is 1. The van der Waals surface area contributed by atoms with Crippen LogP contribution < -0.4 is 5.32 Å². The summed E-state index contributed by atoms with van der Waals surface area (Å²) < 4.78 is 0. The number of nitrogens with one attached hydrogen (secondary N) is 2. The first-order valence-corrected chi connectivity index (χ1v) is 5.37. The fraction of sp³-hybridized carbons (Fsp3) is 0.333.